The largest absolute Gasteiger partial charge is 0.457 e. The van der Waals surface area contributed by atoms with Crippen LogP contribution < -0.4 is 5.32 Å². The van der Waals surface area contributed by atoms with E-state index in [2.05, 4.69) is 27.4 Å². The molecule has 2 heterocycles. The third-order valence-electron chi connectivity index (χ3n) is 4.46. The smallest absolute Gasteiger partial charge is 0.349 e. The van der Waals surface area contributed by atoms with Gasteiger partial charge in [0.1, 0.15) is 28.5 Å². The molecule has 4 aromatic rings. The summed E-state index contributed by atoms with van der Waals surface area (Å²) in [5.74, 6) is 0.341. The number of thiophene rings is 1. The second kappa shape index (κ2) is 8.63. The molecule has 1 N–H and O–H groups in total. The lowest BCUT2D eigenvalue weighted by Gasteiger charge is -2.08. The van der Waals surface area contributed by atoms with Gasteiger partial charge in [-0.1, -0.05) is 36.4 Å². The van der Waals surface area contributed by atoms with Crippen molar-refractivity contribution >= 4 is 50.8 Å². The van der Waals surface area contributed by atoms with E-state index in [0.29, 0.717) is 10.7 Å². The second-order valence-electron chi connectivity index (χ2n) is 6.38. The molecule has 2 aromatic heterocycles. The number of benzene rings is 2. The third kappa shape index (κ3) is 4.26. The third-order valence-corrected chi connectivity index (χ3v) is 6.36. The highest BCUT2D eigenvalue weighted by molar-refractivity contribution is 7.98. The van der Waals surface area contributed by atoms with Gasteiger partial charge in [0.15, 0.2) is 0 Å². The zero-order valence-corrected chi connectivity index (χ0v) is 17.6. The quantitative estimate of drug-likeness (QED) is 0.312. The van der Waals surface area contributed by atoms with Gasteiger partial charge in [0.25, 0.3) is 0 Å². The van der Waals surface area contributed by atoms with Gasteiger partial charge in [-0.15, -0.1) is 23.1 Å². The van der Waals surface area contributed by atoms with Gasteiger partial charge in [-0.3, -0.25) is 0 Å². The Labute approximate surface area is 177 Å². The van der Waals surface area contributed by atoms with Crippen LogP contribution in [-0.2, 0) is 11.3 Å². The standard InChI is InChI=1S/C22H19N3O2S2/c1-14-18-20(25-16-9-6-10-17(11-16)28-2)23-13-24-21(18)29-19(14)22(26)27-12-15-7-4-3-5-8-15/h3-11,13H,12H2,1-2H3,(H,23,24,25). The van der Waals surface area contributed by atoms with Gasteiger partial charge in [0.2, 0.25) is 0 Å². The number of esters is 1. The number of hydrogen-bond donors (Lipinski definition) is 1. The molecule has 29 heavy (non-hydrogen) atoms. The van der Waals surface area contributed by atoms with Crippen molar-refractivity contribution in [3.8, 4) is 0 Å². The molecule has 0 aliphatic carbocycles. The summed E-state index contributed by atoms with van der Waals surface area (Å²) in [5, 5.41) is 4.21. The summed E-state index contributed by atoms with van der Waals surface area (Å²) in [4.78, 5) is 23.9. The molecule has 0 bridgehead atoms. The SMILES string of the molecule is CSc1cccc(Nc2ncnc3sc(C(=O)OCc4ccccc4)c(C)c23)c1. The molecule has 0 unspecified atom stereocenters. The lowest BCUT2D eigenvalue weighted by molar-refractivity contribution is 0.0478. The Bertz CT molecular complexity index is 1160. The molecule has 0 aliphatic heterocycles. The van der Waals surface area contributed by atoms with E-state index in [1.165, 1.54) is 17.7 Å². The van der Waals surface area contributed by atoms with Crippen LogP contribution in [0.5, 0.6) is 0 Å². The predicted octanol–water partition coefficient (Wildman–Crippen LogP) is 5.82. The number of carbonyl (C=O) groups is 1. The molecule has 0 atom stereocenters. The van der Waals surface area contributed by atoms with Crippen LogP contribution >= 0.6 is 23.1 Å². The van der Waals surface area contributed by atoms with E-state index in [9.17, 15) is 4.79 Å². The highest BCUT2D eigenvalue weighted by atomic mass is 32.2. The Balaban J connectivity index is 1.61. The maximum Gasteiger partial charge on any atom is 0.349 e. The summed E-state index contributed by atoms with van der Waals surface area (Å²) in [6.45, 7) is 2.15. The minimum absolute atomic E-state index is 0.242. The Kier molecular flexibility index (Phi) is 5.78. The first-order valence-corrected chi connectivity index (χ1v) is 11.1. The average Bonchev–Trinajstić information content (AvgIpc) is 3.10. The molecule has 0 amide bonds. The number of anilines is 2. The normalized spacial score (nSPS) is 10.8. The fourth-order valence-electron chi connectivity index (χ4n) is 2.99. The number of fused-ring (bicyclic) bond motifs is 1. The molecule has 0 saturated heterocycles. The Hall–Kier alpha value is -2.90. The molecule has 5 nitrogen and oxygen atoms in total. The maximum absolute atomic E-state index is 12.7. The van der Waals surface area contributed by atoms with Crippen molar-refractivity contribution in [2.75, 3.05) is 11.6 Å². The van der Waals surface area contributed by atoms with Crippen molar-refractivity contribution in [2.24, 2.45) is 0 Å². The maximum atomic E-state index is 12.7. The van der Waals surface area contributed by atoms with Gasteiger partial charge >= 0.3 is 5.97 Å². The summed E-state index contributed by atoms with van der Waals surface area (Å²) in [5.41, 5.74) is 2.72. The lowest BCUT2D eigenvalue weighted by atomic mass is 10.2. The molecule has 0 spiro atoms. The van der Waals surface area contributed by atoms with E-state index in [4.69, 9.17) is 4.74 Å². The van der Waals surface area contributed by atoms with Gasteiger partial charge in [0, 0.05) is 10.6 Å². The molecule has 2 aromatic carbocycles. The molecule has 0 fully saturated rings. The molecule has 7 heteroatoms. The van der Waals surface area contributed by atoms with Crippen LogP contribution in [0.25, 0.3) is 10.2 Å². The van der Waals surface area contributed by atoms with Crippen molar-refractivity contribution in [1.29, 1.82) is 0 Å². The van der Waals surface area contributed by atoms with E-state index < -0.39 is 0 Å². The number of carbonyl (C=O) groups excluding carboxylic acids is 1. The number of rotatable bonds is 6. The van der Waals surface area contributed by atoms with Crippen molar-refractivity contribution in [1.82, 2.24) is 9.97 Å². The van der Waals surface area contributed by atoms with Gasteiger partial charge in [-0.25, -0.2) is 14.8 Å². The minimum Gasteiger partial charge on any atom is -0.457 e. The predicted molar refractivity (Wildman–Crippen MR) is 119 cm³/mol. The molecule has 4 rings (SSSR count). The second-order valence-corrected chi connectivity index (χ2v) is 8.26. The van der Waals surface area contributed by atoms with Gasteiger partial charge < -0.3 is 10.1 Å². The van der Waals surface area contributed by atoms with Crippen LogP contribution in [0.1, 0.15) is 20.8 Å². The summed E-state index contributed by atoms with van der Waals surface area (Å²) in [7, 11) is 0. The molecule has 0 saturated carbocycles. The Morgan fingerprint density at radius 2 is 1.97 bits per heavy atom. The van der Waals surface area contributed by atoms with E-state index in [1.54, 1.807) is 11.8 Å². The lowest BCUT2D eigenvalue weighted by Crippen LogP contribution is -2.04. The number of nitrogens with zero attached hydrogens (tertiary/aromatic N) is 2. The summed E-state index contributed by atoms with van der Waals surface area (Å²) in [6, 6.07) is 17.8. The highest BCUT2D eigenvalue weighted by Gasteiger charge is 2.20. The highest BCUT2D eigenvalue weighted by Crippen LogP contribution is 2.35. The first-order valence-electron chi connectivity index (χ1n) is 9.02. The number of ether oxygens (including phenoxy) is 1. The number of thioether (sulfide) groups is 1. The van der Waals surface area contributed by atoms with E-state index in [0.717, 1.165) is 31.9 Å². The van der Waals surface area contributed by atoms with Crippen LogP contribution in [0, 0.1) is 6.92 Å². The number of nitrogens with one attached hydrogen (secondary N) is 1. The van der Waals surface area contributed by atoms with Crippen LogP contribution in [0.3, 0.4) is 0 Å². The zero-order valence-electron chi connectivity index (χ0n) is 16.0. The van der Waals surface area contributed by atoms with E-state index >= 15 is 0 Å². The Morgan fingerprint density at radius 1 is 1.14 bits per heavy atom. The van der Waals surface area contributed by atoms with Gasteiger partial charge in [0.05, 0.1) is 5.39 Å². The number of aromatic nitrogens is 2. The molecule has 0 radical (unpaired) electrons. The fraction of sp³-hybridized carbons (Fsp3) is 0.136. The van der Waals surface area contributed by atoms with Crippen molar-refractivity contribution in [3.05, 3.63) is 76.9 Å². The first-order chi connectivity index (χ1) is 14.2. The first kappa shape index (κ1) is 19.4. The number of hydrogen-bond acceptors (Lipinski definition) is 7. The van der Waals surface area contributed by atoms with Crippen LogP contribution in [0.2, 0.25) is 0 Å². The van der Waals surface area contributed by atoms with Crippen molar-refractivity contribution < 1.29 is 9.53 Å². The van der Waals surface area contributed by atoms with Crippen molar-refractivity contribution in [3.63, 3.8) is 0 Å². The van der Waals surface area contributed by atoms with Crippen LogP contribution in [0.15, 0.2) is 65.8 Å². The van der Waals surface area contributed by atoms with Crippen LogP contribution in [-0.4, -0.2) is 22.2 Å². The summed E-state index contributed by atoms with van der Waals surface area (Å²) in [6.07, 6.45) is 3.55. The zero-order chi connectivity index (χ0) is 20.2. The van der Waals surface area contributed by atoms with E-state index in [-0.39, 0.29) is 12.6 Å². The summed E-state index contributed by atoms with van der Waals surface area (Å²) < 4.78 is 5.51. The number of aryl methyl sites for hydroxylation is 1. The molecule has 146 valence electrons. The van der Waals surface area contributed by atoms with E-state index in [1.807, 2.05) is 55.6 Å². The topological polar surface area (TPSA) is 64.1 Å². The minimum atomic E-state index is -0.343. The molecular weight excluding hydrogens is 402 g/mol. The van der Waals surface area contributed by atoms with Gasteiger partial charge in [-0.05, 0) is 42.5 Å². The average molecular weight is 422 g/mol. The monoisotopic (exact) mass is 421 g/mol. The van der Waals surface area contributed by atoms with Crippen LogP contribution in [0.4, 0.5) is 11.5 Å². The Morgan fingerprint density at radius 3 is 2.76 bits per heavy atom. The summed E-state index contributed by atoms with van der Waals surface area (Å²) >= 11 is 3.01. The fourth-order valence-corrected chi connectivity index (χ4v) is 4.49. The molecular formula is C22H19N3O2S2. The van der Waals surface area contributed by atoms with Gasteiger partial charge in [-0.2, -0.15) is 0 Å². The molecule has 0 aliphatic rings. The van der Waals surface area contributed by atoms with Crippen molar-refractivity contribution in [2.45, 2.75) is 18.4 Å².